The molecule has 5 heteroatoms. The first-order valence-corrected chi connectivity index (χ1v) is 8.30. The molecule has 23 heavy (non-hydrogen) atoms. The number of nitrogens with zero attached hydrogens (tertiary/aromatic N) is 1. The van der Waals surface area contributed by atoms with Gasteiger partial charge in [0.2, 0.25) is 0 Å². The molecular formula is C18H26N2O3. The summed E-state index contributed by atoms with van der Waals surface area (Å²) in [6.45, 7) is 8.51. The molecule has 5 nitrogen and oxygen atoms in total. The fourth-order valence-corrected chi connectivity index (χ4v) is 2.76. The molecule has 1 aliphatic heterocycles. The Hall–Kier alpha value is -1.88. The van der Waals surface area contributed by atoms with E-state index in [1.165, 1.54) is 6.92 Å². The van der Waals surface area contributed by atoms with E-state index >= 15 is 0 Å². The standard InChI is InChI=1S/C18H26N2O3/c1-4-20-10-8-16(9-11-20)19-18(22)14(3)23-17-7-5-6-15(12-17)13(2)21/h5-7,12,14,16H,4,8-11H2,1-3H3,(H,19,22). The molecule has 1 fully saturated rings. The first kappa shape index (κ1) is 17.5. The summed E-state index contributed by atoms with van der Waals surface area (Å²) in [5.41, 5.74) is 0.585. The minimum atomic E-state index is -0.582. The van der Waals surface area contributed by atoms with Crippen LogP contribution in [0, 0.1) is 0 Å². The minimum Gasteiger partial charge on any atom is -0.481 e. The number of rotatable bonds is 6. The molecule has 0 aromatic heterocycles. The van der Waals surface area contributed by atoms with E-state index in [1.807, 2.05) is 0 Å². The number of Topliss-reactive ketones (excluding diaryl/α,β-unsaturated/α-hetero) is 1. The summed E-state index contributed by atoms with van der Waals surface area (Å²) in [5.74, 6) is 0.421. The molecule has 1 aromatic rings. The lowest BCUT2D eigenvalue weighted by Crippen LogP contribution is -2.48. The van der Waals surface area contributed by atoms with Crippen LogP contribution in [-0.2, 0) is 4.79 Å². The van der Waals surface area contributed by atoms with Crippen LogP contribution in [0.3, 0.4) is 0 Å². The number of benzene rings is 1. The maximum Gasteiger partial charge on any atom is 0.260 e. The van der Waals surface area contributed by atoms with Crippen molar-refractivity contribution >= 4 is 11.7 Å². The number of carbonyl (C=O) groups is 2. The van der Waals surface area contributed by atoms with Crippen molar-refractivity contribution in [2.45, 2.75) is 45.8 Å². The Balaban J connectivity index is 1.85. The van der Waals surface area contributed by atoms with E-state index in [9.17, 15) is 9.59 Å². The van der Waals surface area contributed by atoms with Crippen LogP contribution >= 0.6 is 0 Å². The highest BCUT2D eigenvalue weighted by molar-refractivity contribution is 5.94. The number of ketones is 1. The van der Waals surface area contributed by atoms with Crippen LogP contribution < -0.4 is 10.1 Å². The van der Waals surface area contributed by atoms with Crippen molar-refractivity contribution in [2.75, 3.05) is 19.6 Å². The van der Waals surface area contributed by atoms with Crippen LogP contribution in [0.1, 0.15) is 44.0 Å². The normalized spacial score (nSPS) is 17.5. The van der Waals surface area contributed by atoms with Crippen molar-refractivity contribution in [3.05, 3.63) is 29.8 Å². The van der Waals surface area contributed by atoms with Gasteiger partial charge >= 0.3 is 0 Å². The van der Waals surface area contributed by atoms with Gasteiger partial charge in [0.05, 0.1) is 0 Å². The van der Waals surface area contributed by atoms with Crippen molar-refractivity contribution < 1.29 is 14.3 Å². The zero-order valence-electron chi connectivity index (χ0n) is 14.2. The predicted molar refractivity (Wildman–Crippen MR) is 89.8 cm³/mol. The second kappa shape index (κ2) is 8.11. The first-order valence-electron chi connectivity index (χ1n) is 8.30. The minimum absolute atomic E-state index is 0.0183. The molecule has 1 amide bonds. The molecule has 0 bridgehead atoms. The summed E-state index contributed by atoms with van der Waals surface area (Å²) in [6.07, 6.45) is 1.37. The molecule has 0 radical (unpaired) electrons. The van der Waals surface area contributed by atoms with Crippen LogP contribution in [0.25, 0.3) is 0 Å². The highest BCUT2D eigenvalue weighted by Crippen LogP contribution is 2.16. The van der Waals surface area contributed by atoms with E-state index in [4.69, 9.17) is 4.74 Å². The first-order chi connectivity index (χ1) is 11.0. The summed E-state index contributed by atoms with van der Waals surface area (Å²) < 4.78 is 5.68. The topological polar surface area (TPSA) is 58.6 Å². The van der Waals surface area contributed by atoms with Gasteiger partial charge in [0.1, 0.15) is 5.75 Å². The van der Waals surface area contributed by atoms with Gasteiger partial charge in [-0.1, -0.05) is 19.1 Å². The van der Waals surface area contributed by atoms with Crippen LogP contribution in [0.5, 0.6) is 5.75 Å². The lowest BCUT2D eigenvalue weighted by Gasteiger charge is -2.32. The summed E-state index contributed by atoms with van der Waals surface area (Å²) >= 11 is 0. The number of ether oxygens (including phenoxy) is 1. The molecular weight excluding hydrogens is 292 g/mol. The van der Waals surface area contributed by atoms with Gasteiger partial charge in [0.15, 0.2) is 11.9 Å². The number of likely N-dealkylation sites (tertiary alicyclic amines) is 1. The molecule has 1 unspecified atom stereocenters. The van der Waals surface area contributed by atoms with Crippen LogP contribution in [0.2, 0.25) is 0 Å². The zero-order valence-corrected chi connectivity index (χ0v) is 14.2. The van der Waals surface area contributed by atoms with E-state index in [-0.39, 0.29) is 17.7 Å². The molecule has 1 aliphatic rings. The van der Waals surface area contributed by atoms with Gasteiger partial charge in [-0.2, -0.15) is 0 Å². The van der Waals surface area contributed by atoms with Gasteiger partial charge in [0, 0.05) is 24.7 Å². The van der Waals surface area contributed by atoms with E-state index in [2.05, 4.69) is 17.1 Å². The van der Waals surface area contributed by atoms with Crippen LogP contribution in [0.4, 0.5) is 0 Å². The maximum absolute atomic E-state index is 12.3. The third-order valence-corrected chi connectivity index (χ3v) is 4.30. The number of piperidine rings is 1. The van der Waals surface area contributed by atoms with Crippen molar-refractivity contribution in [1.82, 2.24) is 10.2 Å². The number of nitrogens with one attached hydrogen (secondary N) is 1. The Morgan fingerprint density at radius 1 is 1.35 bits per heavy atom. The molecule has 1 N–H and O–H groups in total. The van der Waals surface area contributed by atoms with Crippen molar-refractivity contribution in [2.24, 2.45) is 0 Å². The van der Waals surface area contributed by atoms with Crippen molar-refractivity contribution in [1.29, 1.82) is 0 Å². The van der Waals surface area contributed by atoms with E-state index in [0.717, 1.165) is 32.5 Å². The fourth-order valence-electron chi connectivity index (χ4n) is 2.76. The lowest BCUT2D eigenvalue weighted by molar-refractivity contribution is -0.128. The zero-order chi connectivity index (χ0) is 16.8. The lowest BCUT2D eigenvalue weighted by atomic mass is 10.0. The average Bonchev–Trinajstić information content (AvgIpc) is 2.55. The summed E-state index contributed by atoms with van der Waals surface area (Å²) in [6, 6.07) is 7.15. The second-order valence-electron chi connectivity index (χ2n) is 6.06. The van der Waals surface area contributed by atoms with Gasteiger partial charge in [-0.25, -0.2) is 0 Å². The molecule has 1 atom stereocenters. The van der Waals surface area contributed by atoms with Crippen molar-refractivity contribution in [3.8, 4) is 5.75 Å². The quantitative estimate of drug-likeness (QED) is 0.817. The Labute approximate surface area is 138 Å². The average molecular weight is 318 g/mol. The molecule has 0 saturated carbocycles. The molecule has 126 valence electrons. The largest absolute Gasteiger partial charge is 0.481 e. The molecule has 2 rings (SSSR count). The summed E-state index contributed by atoms with van der Waals surface area (Å²) in [4.78, 5) is 26.0. The second-order valence-corrected chi connectivity index (χ2v) is 6.06. The Morgan fingerprint density at radius 2 is 2.04 bits per heavy atom. The number of hydrogen-bond donors (Lipinski definition) is 1. The molecule has 1 saturated heterocycles. The van der Waals surface area contributed by atoms with Crippen molar-refractivity contribution in [3.63, 3.8) is 0 Å². The smallest absolute Gasteiger partial charge is 0.260 e. The van der Waals surface area contributed by atoms with E-state index in [0.29, 0.717) is 11.3 Å². The number of hydrogen-bond acceptors (Lipinski definition) is 4. The number of carbonyl (C=O) groups excluding carboxylic acids is 2. The molecule has 1 aromatic carbocycles. The molecule has 0 aliphatic carbocycles. The van der Waals surface area contributed by atoms with Crippen LogP contribution in [0.15, 0.2) is 24.3 Å². The van der Waals surface area contributed by atoms with Gasteiger partial charge < -0.3 is 15.0 Å². The molecule has 0 spiro atoms. The third kappa shape index (κ3) is 5.06. The van der Waals surface area contributed by atoms with Crippen LogP contribution in [-0.4, -0.2) is 48.4 Å². The summed E-state index contributed by atoms with van der Waals surface area (Å²) in [7, 11) is 0. The fraction of sp³-hybridized carbons (Fsp3) is 0.556. The Kier molecular flexibility index (Phi) is 6.16. The predicted octanol–water partition coefficient (Wildman–Crippen LogP) is 2.26. The third-order valence-electron chi connectivity index (χ3n) is 4.30. The summed E-state index contributed by atoms with van der Waals surface area (Å²) in [5, 5.41) is 3.06. The highest BCUT2D eigenvalue weighted by Gasteiger charge is 2.23. The van der Waals surface area contributed by atoms with Gasteiger partial charge in [-0.05, 0) is 45.4 Å². The van der Waals surface area contributed by atoms with Gasteiger partial charge in [-0.15, -0.1) is 0 Å². The van der Waals surface area contributed by atoms with Gasteiger partial charge in [0.25, 0.3) is 5.91 Å². The maximum atomic E-state index is 12.3. The SMILES string of the molecule is CCN1CCC(NC(=O)C(C)Oc2cccc(C(C)=O)c2)CC1. The highest BCUT2D eigenvalue weighted by atomic mass is 16.5. The van der Waals surface area contributed by atoms with E-state index < -0.39 is 6.10 Å². The number of amides is 1. The monoisotopic (exact) mass is 318 g/mol. The van der Waals surface area contributed by atoms with Gasteiger partial charge in [-0.3, -0.25) is 9.59 Å². The van der Waals surface area contributed by atoms with E-state index in [1.54, 1.807) is 31.2 Å². The molecule has 1 heterocycles. The Morgan fingerprint density at radius 3 is 2.65 bits per heavy atom. The Bertz CT molecular complexity index is 551.